The number of likely N-dealkylation sites (tertiary alicyclic amines) is 2. The Labute approximate surface area is 91.5 Å². The molecule has 4 nitrogen and oxygen atoms in total. The fourth-order valence-electron chi connectivity index (χ4n) is 2.85. The Hall–Kier alpha value is -0.160. The summed E-state index contributed by atoms with van der Waals surface area (Å²) in [7, 11) is 0. The van der Waals surface area contributed by atoms with Gasteiger partial charge in [-0.3, -0.25) is 9.80 Å². The van der Waals surface area contributed by atoms with Gasteiger partial charge in [0.05, 0.1) is 0 Å². The van der Waals surface area contributed by atoms with Crippen molar-refractivity contribution >= 4 is 0 Å². The van der Waals surface area contributed by atoms with Crippen LogP contribution in [0.2, 0.25) is 0 Å². The predicted octanol–water partition coefficient (Wildman–Crippen LogP) is -0.287. The van der Waals surface area contributed by atoms with Crippen molar-refractivity contribution in [3.8, 4) is 0 Å². The summed E-state index contributed by atoms with van der Waals surface area (Å²) in [4.78, 5) is 4.65. The SMILES string of the molecule is CC(C)N1CC2(CCN(CC(O)O)C2)C1. The van der Waals surface area contributed by atoms with Gasteiger partial charge in [-0.2, -0.15) is 0 Å². The van der Waals surface area contributed by atoms with Gasteiger partial charge in [-0.25, -0.2) is 0 Å². The Kier molecular flexibility index (Phi) is 3.03. The fraction of sp³-hybridized carbons (Fsp3) is 1.00. The molecule has 0 unspecified atom stereocenters. The van der Waals surface area contributed by atoms with Crippen LogP contribution in [0.3, 0.4) is 0 Å². The maximum Gasteiger partial charge on any atom is 0.164 e. The molecule has 15 heavy (non-hydrogen) atoms. The average Bonchev–Trinajstić information content (AvgIpc) is 2.44. The molecule has 2 fully saturated rings. The van der Waals surface area contributed by atoms with Crippen LogP contribution < -0.4 is 0 Å². The summed E-state index contributed by atoms with van der Waals surface area (Å²) in [6.45, 7) is 9.29. The van der Waals surface area contributed by atoms with Gasteiger partial charge < -0.3 is 10.2 Å². The molecule has 0 aromatic carbocycles. The standard InChI is InChI=1S/C11H22N2O2/c1-9(2)13-7-11(8-13)3-4-12(6-11)5-10(14)15/h9-10,14-15H,3-8H2,1-2H3. The van der Waals surface area contributed by atoms with Crippen molar-refractivity contribution in [1.82, 2.24) is 9.80 Å². The second-order valence-corrected chi connectivity index (χ2v) is 5.46. The number of β-amino-alcohol motifs (C(OH)–C–C–N with tert-alkyl or cyclic N) is 2. The first kappa shape index (κ1) is 11.3. The maximum absolute atomic E-state index is 8.92. The van der Waals surface area contributed by atoms with E-state index in [4.69, 9.17) is 10.2 Å². The molecular weight excluding hydrogens is 192 g/mol. The van der Waals surface area contributed by atoms with Crippen molar-refractivity contribution < 1.29 is 10.2 Å². The molecule has 88 valence electrons. The summed E-state index contributed by atoms with van der Waals surface area (Å²) in [6, 6.07) is 0.646. The van der Waals surface area contributed by atoms with Gasteiger partial charge in [0.25, 0.3) is 0 Å². The predicted molar refractivity (Wildman–Crippen MR) is 58.4 cm³/mol. The highest BCUT2D eigenvalue weighted by atomic mass is 16.5. The molecule has 0 atom stereocenters. The molecule has 0 aromatic rings. The topological polar surface area (TPSA) is 46.9 Å². The summed E-state index contributed by atoms with van der Waals surface area (Å²) in [6.07, 6.45) is 0.0320. The van der Waals surface area contributed by atoms with Gasteiger partial charge in [0, 0.05) is 37.6 Å². The van der Waals surface area contributed by atoms with Crippen LogP contribution in [0.15, 0.2) is 0 Å². The second kappa shape index (κ2) is 4.01. The third-order valence-corrected chi connectivity index (χ3v) is 3.75. The zero-order chi connectivity index (χ0) is 11.1. The molecule has 0 amide bonds. The Morgan fingerprint density at radius 1 is 1.20 bits per heavy atom. The van der Waals surface area contributed by atoms with E-state index in [9.17, 15) is 0 Å². The first-order valence-electron chi connectivity index (χ1n) is 5.83. The largest absolute Gasteiger partial charge is 0.367 e. The smallest absolute Gasteiger partial charge is 0.164 e. The lowest BCUT2D eigenvalue weighted by Gasteiger charge is -2.50. The minimum atomic E-state index is -1.18. The number of aliphatic hydroxyl groups is 2. The van der Waals surface area contributed by atoms with Crippen molar-refractivity contribution in [3.63, 3.8) is 0 Å². The van der Waals surface area contributed by atoms with Crippen molar-refractivity contribution in [3.05, 3.63) is 0 Å². The van der Waals surface area contributed by atoms with Gasteiger partial charge in [0.1, 0.15) is 0 Å². The zero-order valence-corrected chi connectivity index (χ0v) is 9.69. The minimum absolute atomic E-state index is 0.406. The van der Waals surface area contributed by atoms with Crippen LogP contribution in [-0.2, 0) is 0 Å². The van der Waals surface area contributed by atoms with Gasteiger partial charge in [0.2, 0.25) is 0 Å². The fourth-order valence-corrected chi connectivity index (χ4v) is 2.85. The normalized spacial score (nSPS) is 26.8. The molecule has 1 spiro atoms. The van der Waals surface area contributed by atoms with Gasteiger partial charge >= 0.3 is 0 Å². The first-order valence-corrected chi connectivity index (χ1v) is 5.83. The van der Waals surface area contributed by atoms with E-state index in [2.05, 4.69) is 23.6 Å². The number of nitrogens with zero attached hydrogens (tertiary/aromatic N) is 2. The molecule has 2 aliphatic heterocycles. The Bertz CT molecular complexity index is 225. The number of aliphatic hydroxyl groups excluding tert-OH is 1. The molecule has 2 N–H and O–H groups in total. The average molecular weight is 214 g/mol. The highest BCUT2D eigenvalue weighted by Gasteiger charge is 2.47. The maximum atomic E-state index is 8.92. The monoisotopic (exact) mass is 214 g/mol. The van der Waals surface area contributed by atoms with Crippen molar-refractivity contribution in [2.45, 2.75) is 32.6 Å². The quantitative estimate of drug-likeness (QED) is 0.634. The van der Waals surface area contributed by atoms with E-state index in [0.29, 0.717) is 18.0 Å². The highest BCUT2D eigenvalue weighted by Crippen LogP contribution is 2.40. The van der Waals surface area contributed by atoms with Gasteiger partial charge in [-0.1, -0.05) is 0 Å². The van der Waals surface area contributed by atoms with E-state index in [1.54, 1.807) is 0 Å². The van der Waals surface area contributed by atoms with Crippen molar-refractivity contribution in [2.24, 2.45) is 5.41 Å². The molecule has 2 heterocycles. The van der Waals surface area contributed by atoms with Crippen LogP contribution in [0.4, 0.5) is 0 Å². The van der Waals surface area contributed by atoms with Crippen LogP contribution >= 0.6 is 0 Å². The zero-order valence-electron chi connectivity index (χ0n) is 9.69. The van der Waals surface area contributed by atoms with E-state index < -0.39 is 6.29 Å². The van der Waals surface area contributed by atoms with Gasteiger partial charge in [-0.05, 0) is 26.8 Å². The molecule has 4 heteroatoms. The molecule has 2 aliphatic rings. The van der Waals surface area contributed by atoms with Crippen molar-refractivity contribution in [1.29, 1.82) is 0 Å². The number of hydrogen-bond acceptors (Lipinski definition) is 4. The summed E-state index contributed by atoms with van der Waals surface area (Å²) in [5.74, 6) is 0. The summed E-state index contributed by atoms with van der Waals surface area (Å²) >= 11 is 0. The lowest BCUT2D eigenvalue weighted by Crippen LogP contribution is -2.59. The van der Waals surface area contributed by atoms with E-state index in [1.807, 2.05) is 0 Å². The van der Waals surface area contributed by atoms with Crippen molar-refractivity contribution in [2.75, 3.05) is 32.7 Å². The summed E-state index contributed by atoms with van der Waals surface area (Å²) in [5.41, 5.74) is 0.458. The molecular formula is C11H22N2O2. The second-order valence-electron chi connectivity index (χ2n) is 5.46. The van der Waals surface area contributed by atoms with Crippen LogP contribution in [0.1, 0.15) is 20.3 Å². The molecule has 0 saturated carbocycles. The van der Waals surface area contributed by atoms with Gasteiger partial charge in [-0.15, -0.1) is 0 Å². The van der Waals surface area contributed by atoms with E-state index in [-0.39, 0.29) is 0 Å². The van der Waals surface area contributed by atoms with Gasteiger partial charge in [0.15, 0.2) is 6.29 Å². The van der Waals surface area contributed by atoms with Crippen LogP contribution in [0.5, 0.6) is 0 Å². The van der Waals surface area contributed by atoms with Crippen LogP contribution in [-0.4, -0.2) is 65.1 Å². The molecule has 2 rings (SSSR count). The molecule has 0 aliphatic carbocycles. The third kappa shape index (κ3) is 2.33. The molecule has 0 radical (unpaired) electrons. The van der Waals surface area contributed by atoms with E-state index in [0.717, 1.165) is 13.1 Å². The number of rotatable bonds is 3. The summed E-state index contributed by atoms with van der Waals surface area (Å²) < 4.78 is 0. The summed E-state index contributed by atoms with van der Waals surface area (Å²) in [5, 5.41) is 17.8. The Balaban J connectivity index is 1.79. The molecule has 0 aromatic heterocycles. The highest BCUT2D eigenvalue weighted by molar-refractivity contribution is 5.02. The Morgan fingerprint density at radius 3 is 2.40 bits per heavy atom. The first-order chi connectivity index (χ1) is 7.01. The third-order valence-electron chi connectivity index (χ3n) is 3.75. The van der Waals surface area contributed by atoms with Crippen LogP contribution in [0, 0.1) is 5.41 Å². The van der Waals surface area contributed by atoms with E-state index in [1.165, 1.54) is 19.5 Å². The van der Waals surface area contributed by atoms with Crippen LogP contribution in [0.25, 0.3) is 0 Å². The van der Waals surface area contributed by atoms with E-state index >= 15 is 0 Å². The molecule has 0 bridgehead atoms. The lowest BCUT2D eigenvalue weighted by atomic mass is 9.78. The Morgan fingerprint density at radius 2 is 1.87 bits per heavy atom. The number of hydrogen-bond donors (Lipinski definition) is 2. The minimum Gasteiger partial charge on any atom is -0.367 e. The molecule has 2 saturated heterocycles. The lowest BCUT2D eigenvalue weighted by molar-refractivity contribution is -0.0651.